The minimum Gasteiger partial charge on any atom is -0.480 e. The lowest BCUT2D eigenvalue weighted by Crippen LogP contribution is -2.54. The number of hydrogen-bond acceptors (Lipinski definition) is 3. The van der Waals surface area contributed by atoms with E-state index in [0.29, 0.717) is 0 Å². The molecule has 0 heterocycles. The largest absolute Gasteiger partial charge is 0.480 e. The van der Waals surface area contributed by atoms with Gasteiger partial charge in [-0.2, -0.15) is 0 Å². The van der Waals surface area contributed by atoms with Crippen LogP contribution in [0.25, 0.3) is 0 Å². The van der Waals surface area contributed by atoms with Crippen LogP contribution < -0.4 is 11.5 Å². The van der Waals surface area contributed by atoms with Gasteiger partial charge in [-0.05, 0) is 19.2 Å². The zero-order valence-corrected chi connectivity index (χ0v) is 7.57. The smallest absolute Gasteiger partial charge is 0.329 e. The Morgan fingerprint density at radius 3 is 2.29 bits per heavy atom. The molecule has 0 spiro atoms. The molecular formula is C6H15ClF2N2O3. The Balaban J connectivity index is -0.00000144. The Morgan fingerprint density at radius 2 is 2.07 bits per heavy atom. The summed E-state index contributed by atoms with van der Waals surface area (Å²) in [6.45, 7) is -3.41. The molecule has 0 saturated heterocycles. The van der Waals surface area contributed by atoms with Gasteiger partial charge in [0.15, 0.2) is 5.54 Å². The van der Waals surface area contributed by atoms with Crippen molar-refractivity contribution in [1.82, 2.24) is 0 Å². The average Bonchev–Trinajstić information content (AvgIpc) is 2.13. The number of carboxylic acids is 1. The van der Waals surface area contributed by atoms with E-state index in [1.807, 2.05) is 0 Å². The fourth-order valence-corrected chi connectivity index (χ4v) is 0.341. The molecule has 0 aromatic heterocycles. The van der Waals surface area contributed by atoms with Crippen molar-refractivity contribution < 1.29 is 32.4 Å². The lowest BCUT2D eigenvalue weighted by molar-refractivity contribution is -0.150. The van der Waals surface area contributed by atoms with Gasteiger partial charge in [0.1, 0.15) is 0 Å². The third-order valence-electron chi connectivity index (χ3n) is 1.04. The molecule has 0 aliphatic rings. The van der Waals surface area contributed by atoms with Crippen LogP contribution in [0, 0.1) is 0 Å². The van der Waals surface area contributed by atoms with E-state index in [0.717, 1.165) is 0 Å². The van der Waals surface area contributed by atoms with Gasteiger partial charge in [0.05, 0.1) is 0 Å². The van der Waals surface area contributed by atoms with Crippen LogP contribution in [0.2, 0.25) is 0 Å². The monoisotopic (exact) mass is 242 g/mol. The van der Waals surface area contributed by atoms with Gasteiger partial charge in [0, 0.05) is 8.22 Å². The quantitative estimate of drug-likeness (QED) is 0.594. The van der Waals surface area contributed by atoms with Gasteiger partial charge >= 0.3 is 5.97 Å². The van der Waals surface area contributed by atoms with Gasteiger partial charge in [0.2, 0.25) is 0 Å². The molecule has 0 aromatic rings. The van der Waals surface area contributed by atoms with Gasteiger partial charge in [-0.25, -0.2) is 13.6 Å². The Hall–Kier alpha value is -0.500. The minimum atomic E-state index is -3.97. The van der Waals surface area contributed by atoms with E-state index in [9.17, 15) is 13.6 Å². The topological polar surface area (TPSA) is 121 Å². The molecular weight excluding hydrogens is 222 g/mol. The molecule has 7 N–H and O–H groups in total. The molecule has 0 aromatic carbocycles. The summed E-state index contributed by atoms with van der Waals surface area (Å²) >= 11 is 0. The van der Waals surface area contributed by atoms with Crippen molar-refractivity contribution in [2.75, 3.05) is 6.50 Å². The summed E-state index contributed by atoms with van der Waals surface area (Å²) < 4.78 is 67.8. The fraction of sp³-hybridized carbons (Fsp3) is 0.833. The van der Waals surface area contributed by atoms with E-state index < -0.39 is 37.2 Å². The maximum atomic E-state index is 12.7. The lowest BCUT2D eigenvalue weighted by Gasteiger charge is -2.22. The van der Waals surface area contributed by atoms with E-state index in [2.05, 4.69) is 0 Å². The van der Waals surface area contributed by atoms with Crippen molar-refractivity contribution >= 4 is 18.4 Å². The number of aliphatic carboxylic acids is 1. The molecule has 0 radical (unpaired) electrons. The second-order valence-corrected chi connectivity index (χ2v) is 1.87. The van der Waals surface area contributed by atoms with Crippen LogP contribution in [0.15, 0.2) is 0 Å². The van der Waals surface area contributed by atoms with Crippen LogP contribution in [0.5, 0.6) is 0 Å². The Bertz CT molecular complexity index is 356. The summed E-state index contributed by atoms with van der Waals surface area (Å²) in [6.07, 6.45) is -11.7. The van der Waals surface area contributed by atoms with Crippen molar-refractivity contribution in [2.45, 2.75) is 24.7 Å². The highest BCUT2D eigenvalue weighted by Crippen LogP contribution is 2.18. The predicted molar refractivity (Wildman–Crippen MR) is 49.7 cm³/mol. The van der Waals surface area contributed by atoms with Crippen LogP contribution in [0.1, 0.15) is 21.0 Å². The predicted octanol–water partition coefficient (Wildman–Crippen LogP) is -0.630. The van der Waals surface area contributed by atoms with Crippen molar-refractivity contribution in [2.24, 2.45) is 11.5 Å². The van der Waals surface area contributed by atoms with Crippen LogP contribution in [0.4, 0.5) is 8.78 Å². The normalized spacial score (nSPS) is 23.2. The zero-order valence-electron chi connectivity index (χ0n) is 12.8. The van der Waals surface area contributed by atoms with Gasteiger partial charge in [-0.3, -0.25) is 0 Å². The van der Waals surface area contributed by atoms with E-state index in [4.69, 9.17) is 24.8 Å². The SMILES string of the molecule is Cl.O.[2H]C([2H])(N)C([2H])([2H])C([2H])([2H])C(N)(C(=O)O)C(F)F. The number of hydrogen-bond donors (Lipinski definition) is 3. The molecule has 0 aliphatic heterocycles. The van der Waals surface area contributed by atoms with Crippen LogP contribution in [-0.4, -0.2) is 35.0 Å². The number of carboxylic acid groups (broad SMARTS) is 1. The van der Waals surface area contributed by atoms with Gasteiger partial charge in [-0.15, -0.1) is 12.4 Å². The highest BCUT2D eigenvalue weighted by atomic mass is 35.5. The Morgan fingerprint density at radius 1 is 1.64 bits per heavy atom. The first kappa shape index (κ1) is 7.75. The van der Waals surface area contributed by atoms with Crippen molar-refractivity contribution in [1.29, 1.82) is 0 Å². The van der Waals surface area contributed by atoms with E-state index >= 15 is 0 Å². The van der Waals surface area contributed by atoms with Gasteiger partial charge in [0.25, 0.3) is 6.43 Å². The first-order valence-corrected chi connectivity index (χ1v) is 2.73. The van der Waals surface area contributed by atoms with E-state index in [-0.39, 0.29) is 17.9 Å². The molecule has 0 amide bonds. The van der Waals surface area contributed by atoms with Crippen LogP contribution in [0.3, 0.4) is 0 Å². The highest BCUT2D eigenvalue weighted by Gasteiger charge is 2.42. The third-order valence-corrected chi connectivity index (χ3v) is 1.04. The number of alkyl halides is 2. The Kier molecular flexibility index (Phi) is 4.35. The van der Waals surface area contributed by atoms with Crippen LogP contribution >= 0.6 is 12.4 Å². The molecule has 1 atom stereocenters. The molecule has 0 saturated carbocycles. The molecule has 88 valence electrons. The second-order valence-electron chi connectivity index (χ2n) is 1.87. The van der Waals surface area contributed by atoms with E-state index in [1.165, 1.54) is 0 Å². The summed E-state index contributed by atoms with van der Waals surface area (Å²) in [7, 11) is 0. The highest BCUT2D eigenvalue weighted by molar-refractivity contribution is 5.85. The first-order valence-electron chi connectivity index (χ1n) is 5.73. The van der Waals surface area contributed by atoms with Crippen molar-refractivity contribution in [3.05, 3.63) is 0 Å². The Labute approximate surface area is 94.6 Å². The molecule has 5 nitrogen and oxygen atoms in total. The molecule has 0 rings (SSSR count). The summed E-state index contributed by atoms with van der Waals surface area (Å²) in [5, 5.41) is 8.59. The standard InChI is InChI=1S/C6H12F2N2O2.ClH.H2O/c7-4(8)6(10,5(11)12)2-1-3-9;;/h4H,1-3,9-10H2,(H,11,12);1H;1H2/i1D2,2D2,3D2;;. The summed E-state index contributed by atoms with van der Waals surface area (Å²) in [4.78, 5) is 10.7. The van der Waals surface area contributed by atoms with Gasteiger partial charge < -0.3 is 22.1 Å². The molecule has 1 unspecified atom stereocenters. The number of rotatable bonds is 5. The molecule has 0 fully saturated rings. The summed E-state index contributed by atoms with van der Waals surface area (Å²) in [5.74, 6) is -2.50. The number of nitrogens with two attached hydrogens (primary N) is 2. The van der Waals surface area contributed by atoms with E-state index in [1.54, 1.807) is 0 Å². The maximum absolute atomic E-state index is 12.7. The third kappa shape index (κ3) is 4.66. The number of carbonyl (C=O) groups is 1. The minimum absolute atomic E-state index is 0. The molecule has 14 heavy (non-hydrogen) atoms. The fourth-order valence-electron chi connectivity index (χ4n) is 0.341. The van der Waals surface area contributed by atoms with Crippen molar-refractivity contribution in [3.8, 4) is 0 Å². The molecule has 8 heteroatoms. The first-order chi connectivity index (χ1) is 7.64. The zero-order chi connectivity index (χ0) is 15.2. The van der Waals surface area contributed by atoms with Crippen LogP contribution in [-0.2, 0) is 4.79 Å². The second kappa shape index (κ2) is 7.86. The van der Waals surface area contributed by atoms with Crippen molar-refractivity contribution in [3.63, 3.8) is 0 Å². The molecule has 0 bridgehead atoms. The number of halogens is 3. The molecule has 0 aliphatic carbocycles. The average molecular weight is 243 g/mol. The lowest BCUT2D eigenvalue weighted by atomic mass is 9.95. The summed E-state index contributed by atoms with van der Waals surface area (Å²) in [5.41, 5.74) is 5.54. The van der Waals surface area contributed by atoms with Gasteiger partial charge in [-0.1, -0.05) is 0 Å². The summed E-state index contributed by atoms with van der Waals surface area (Å²) in [6, 6.07) is 0. The maximum Gasteiger partial charge on any atom is 0.329 e.